The number of ketones is 1. The first kappa shape index (κ1) is 14.2. The first-order chi connectivity index (χ1) is 9.43. The number of carboxylic acids is 1. The third-order valence-electron chi connectivity index (χ3n) is 3.69. The maximum atomic E-state index is 13.7. The van der Waals surface area contributed by atoms with E-state index in [9.17, 15) is 14.0 Å². The molecule has 0 saturated carbocycles. The molecule has 0 heterocycles. The van der Waals surface area contributed by atoms with Gasteiger partial charge in [0, 0.05) is 16.9 Å². The van der Waals surface area contributed by atoms with E-state index >= 15 is 0 Å². The fraction of sp³-hybridized carbons (Fsp3) is 0.250. The summed E-state index contributed by atoms with van der Waals surface area (Å²) in [5.41, 5.74) is 0.364. The number of rotatable bonds is 4. The van der Waals surface area contributed by atoms with Crippen molar-refractivity contribution in [2.24, 2.45) is 11.8 Å². The summed E-state index contributed by atoms with van der Waals surface area (Å²) in [6, 6.07) is 9.36. The van der Waals surface area contributed by atoms with Crippen LogP contribution >= 0.6 is 0 Å². The highest BCUT2D eigenvalue weighted by Crippen LogP contribution is 2.26. The second kappa shape index (κ2) is 5.41. The van der Waals surface area contributed by atoms with Crippen LogP contribution in [0.2, 0.25) is 0 Å². The lowest BCUT2D eigenvalue weighted by Gasteiger charge is -2.16. The Morgan fingerprint density at radius 1 is 1.00 bits per heavy atom. The third kappa shape index (κ3) is 2.41. The number of hydrogen-bond donors (Lipinski definition) is 1. The van der Waals surface area contributed by atoms with Crippen LogP contribution < -0.4 is 0 Å². The molecule has 2 unspecified atom stereocenters. The van der Waals surface area contributed by atoms with Crippen LogP contribution in [0, 0.1) is 17.7 Å². The number of halogens is 1. The van der Waals surface area contributed by atoms with Crippen LogP contribution in [-0.2, 0) is 4.79 Å². The zero-order valence-electron chi connectivity index (χ0n) is 11.3. The maximum absolute atomic E-state index is 13.7. The molecule has 0 aliphatic heterocycles. The molecule has 4 heteroatoms. The van der Waals surface area contributed by atoms with Crippen molar-refractivity contribution in [2.45, 2.75) is 13.8 Å². The summed E-state index contributed by atoms with van der Waals surface area (Å²) in [6.45, 7) is 3.08. The standard InChI is InChI=1S/C16H15FO3/c1-9(10(2)16(19)20)15(18)13-7-8-14(17)12-6-4-3-5-11(12)13/h3-10H,1-2H3,(H,19,20). The minimum atomic E-state index is -1.02. The number of carbonyl (C=O) groups excluding carboxylic acids is 1. The molecular formula is C16H15FO3. The molecule has 2 aromatic rings. The lowest BCUT2D eigenvalue weighted by molar-refractivity contribution is -0.142. The normalized spacial score (nSPS) is 13.9. The molecule has 0 radical (unpaired) electrons. The van der Waals surface area contributed by atoms with E-state index in [1.165, 1.54) is 19.1 Å². The van der Waals surface area contributed by atoms with Crippen molar-refractivity contribution >= 4 is 22.5 Å². The summed E-state index contributed by atoms with van der Waals surface area (Å²) in [5.74, 6) is -3.14. The van der Waals surface area contributed by atoms with Crippen LogP contribution in [0.3, 0.4) is 0 Å². The summed E-state index contributed by atoms with van der Waals surface area (Å²) in [5, 5.41) is 9.88. The Kier molecular flexibility index (Phi) is 3.84. The van der Waals surface area contributed by atoms with Gasteiger partial charge in [0.25, 0.3) is 0 Å². The number of hydrogen-bond acceptors (Lipinski definition) is 2. The molecule has 2 rings (SSSR count). The summed E-state index contributed by atoms with van der Waals surface area (Å²) < 4.78 is 13.7. The predicted octanol–water partition coefficient (Wildman–Crippen LogP) is 3.52. The zero-order chi connectivity index (χ0) is 14.9. The second-order valence-corrected chi connectivity index (χ2v) is 4.92. The number of fused-ring (bicyclic) bond motifs is 1. The summed E-state index contributed by atoms with van der Waals surface area (Å²) in [6.07, 6.45) is 0. The van der Waals surface area contributed by atoms with Crippen molar-refractivity contribution in [1.29, 1.82) is 0 Å². The average Bonchev–Trinajstić information content (AvgIpc) is 2.45. The van der Waals surface area contributed by atoms with Crippen LogP contribution in [0.25, 0.3) is 10.8 Å². The van der Waals surface area contributed by atoms with Crippen LogP contribution in [0.5, 0.6) is 0 Å². The van der Waals surface area contributed by atoms with Gasteiger partial charge in [-0.05, 0) is 17.5 Å². The van der Waals surface area contributed by atoms with Crippen LogP contribution in [0.1, 0.15) is 24.2 Å². The maximum Gasteiger partial charge on any atom is 0.306 e. The molecule has 2 aromatic carbocycles. The van der Waals surface area contributed by atoms with E-state index < -0.39 is 23.6 Å². The molecule has 0 amide bonds. The molecule has 0 fully saturated rings. The fourth-order valence-corrected chi connectivity index (χ4v) is 2.16. The Balaban J connectivity index is 2.51. The van der Waals surface area contributed by atoms with Crippen molar-refractivity contribution in [3.8, 4) is 0 Å². The lowest BCUT2D eigenvalue weighted by atomic mass is 9.86. The summed E-state index contributed by atoms with van der Waals surface area (Å²) >= 11 is 0. The lowest BCUT2D eigenvalue weighted by Crippen LogP contribution is -2.25. The zero-order valence-corrected chi connectivity index (χ0v) is 11.3. The van der Waals surface area contributed by atoms with Crippen molar-refractivity contribution in [3.63, 3.8) is 0 Å². The molecule has 0 aliphatic rings. The minimum Gasteiger partial charge on any atom is -0.481 e. The average molecular weight is 274 g/mol. The van der Waals surface area contributed by atoms with Gasteiger partial charge in [0.2, 0.25) is 0 Å². The van der Waals surface area contributed by atoms with Crippen molar-refractivity contribution < 1.29 is 19.1 Å². The van der Waals surface area contributed by atoms with E-state index in [4.69, 9.17) is 5.11 Å². The molecule has 3 nitrogen and oxygen atoms in total. The smallest absolute Gasteiger partial charge is 0.306 e. The number of carboxylic acid groups (broad SMARTS) is 1. The molecule has 0 bridgehead atoms. The largest absolute Gasteiger partial charge is 0.481 e. The highest BCUT2D eigenvalue weighted by molar-refractivity contribution is 6.09. The first-order valence-electron chi connectivity index (χ1n) is 6.37. The molecule has 20 heavy (non-hydrogen) atoms. The number of Topliss-reactive ketones (excluding diaryl/α,β-unsaturated/α-hetero) is 1. The number of aliphatic carboxylic acids is 1. The molecule has 104 valence electrons. The molecule has 1 N–H and O–H groups in total. The van der Waals surface area contributed by atoms with Crippen molar-refractivity contribution in [3.05, 3.63) is 47.8 Å². The molecule has 0 saturated heterocycles. The van der Waals surface area contributed by atoms with E-state index in [0.717, 1.165) is 0 Å². The monoisotopic (exact) mass is 274 g/mol. The number of carbonyl (C=O) groups is 2. The highest BCUT2D eigenvalue weighted by atomic mass is 19.1. The van der Waals surface area contributed by atoms with Crippen molar-refractivity contribution in [2.75, 3.05) is 0 Å². The third-order valence-corrected chi connectivity index (χ3v) is 3.69. The van der Waals surface area contributed by atoms with Gasteiger partial charge < -0.3 is 5.11 Å². The first-order valence-corrected chi connectivity index (χ1v) is 6.37. The van der Waals surface area contributed by atoms with Gasteiger partial charge in [-0.3, -0.25) is 9.59 Å². The van der Waals surface area contributed by atoms with Crippen molar-refractivity contribution in [1.82, 2.24) is 0 Å². The molecule has 0 aliphatic carbocycles. The second-order valence-electron chi connectivity index (χ2n) is 4.92. The Bertz CT molecular complexity index is 678. The van der Waals surface area contributed by atoms with Crippen LogP contribution in [0.4, 0.5) is 4.39 Å². The van der Waals surface area contributed by atoms with Gasteiger partial charge in [-0.25, -0.2) is 4.39 Å². The predicted molar refractivity (Wildman–Crippen MR) is 74.2 cm³/mol. The quantitative estimate of drug-likeness (QED) is 0.868. The van der Waals surface area contributed by atoms with Gasteiger partial charge in [-0.2, -0.15) is 0 Å². The van der Waals surface area contributed by atoms with E-state index in [1.807, 2.05) is 0 Å². The fourth-order valence-electron chi connectivity index (χ4n) is 2.16. The Hall–Kier alpha value is -2.23. The van der Waals surface area contributed by atoms with Gasteiger partial charge in [0.05, 0.1) is 5.92 Å². The SMILES string of the molecule is CC(C(=O)O)C(C)C(=O)c1ccc(F)c2ccccc12. The Morgan fingerprint density at radius 2 is 1.60 bits per heavy atom. The Labute approximate surface area is 116 Å². The minimum absolute atomic E-state index is 0.281. The van der Waals surface area contributed by atoms with E-state index in [1.54, 1.807) is 31.2 Å². The Morgan fingerprint density at radius 3 is 2.20 bits per heavy atom. The summed E-state index contributed by atoms with van der Waals surface area (Å²) in [7, 11) is 0. The van der Waals surface area contributed by atoms with Gasteiger partial charge in [-0.1, -0.05) is 38.1 Å². The molecular weight excluding hydrogens is 259 g/mol. The van der Waals surface area contributed by atoms with E-state index in [2.05, 4.69) is 0 Å². The van der Waals surface area contributed by atoms with Crippen LogP contribution in [-0.4, -0.2) is 16.9 Å². The van der Waals surface area contributed by atoms with Gasteiger partial charge in [-0.15, -0.1) is 0 Å². The topological polar surface area (TPSA) is 54.4 Å². The molecule has 0 spiro atoms. The number of benzene rings is 2. The highest BCUT2D eigenvalue weighted by Gasteiger charge is 2.27. The van der Waals surface area contributed by atoms with Gasteiger partial charge in [0.15, 0.2) is 5.78 Å². The van der Waals surface area contributed by atoms with Gasteiger partial charge in [0.1, 0.15) is 5.82 Å². The molecule has 0 aromatic heterocycles. The van der Waals surface area contributed by atoms with Crippen LogP contribution in [0.15, 0.2) is 36.4 Å². The van der Waals surface area contributed by atoms with Gasteiger partial charge >= 0.3 is 5.97 Å². The van der Waals surface area contributed by atoms with E-state index in [-0.39, 0.29) is 5.78 Å². The summed E-state index contributed by atoms with van der Waals surface area (Å²) in [4.78, 5) is 23.4. The van der Waals surface area contributed by atoms with E-state index in [0.29, 0.717) is 16.3 Å². The molecule has 2 atom stereocenters.